The predicted molar refractivity (Wildman–Crippen MR) is 96.7 cm³/mol. The van der Waals surface area contributed by atoms with Crippen LogP contribution < -0.4 is 5.32 Å². The Hall–Kier alpha value is -3.02. The van der Waals surface area contributed by atoms with E-state index in [1.54, 1.807) is 12.1 Å². The summed E-state index contributed by atoms with van der Waals surface area (Å²) in [6.45, 7) is 2.09. The van der Waals surface area contributed by atoms with Crippen molar-refractivity contribution in [1.82, 2.24) is 14.7 Å². The van der Waals surface area contributed by atoms with Gasteiger partial charge in [-0.15, -0.1) is 0 Å². The third-order valence-corrected chi connectivity index (χ3v) is 4.79. The lowest BCUT2D eigenvalue weighted by Crippen LogP contribution is -2.36. The van der Waals surface area contributed by atoms with Crippen LogP contribution in [0.3, 0.4) is 0 Å². The molecule has 0 saturated heterocycles. The Bertz CT molecular complexity index is 898. The second-order valence-electron chi connectivity index (χ2n) is 6.89. The number of nitrogens with one attached hydrogen (secondary N) is 1. The predicted octanol–water partition coefficient (Wildman–Crippen LogP) is 3.84. The van der Waals surface area contributed by atoms with Gasteiger partial charge < -0.3 is 10.2 Å². The Balaban J connectivity index is 1.93. The molecule has 1 aromatic carbocycles. The Morgan fingerprint density at radius 2 is 2.07 bits per heavy atom. The minimum absolute atomic E-state index is 0.0817. The van der Waals surface area contributed by atoms with Gasteiger partial charge in [-0.2, -0.15) is 23.5 Å². The van der Waals surface area contributed by atoms with Gasteiger partial charge in [0.1, 0.15) is 5.82 Å². The molecule has 0 fully saturated rings. The number of benzene rings is 1. The van der Waals surface area contributed by atoms with Crippen molar-refractivity contribution in [3.63, 3.8) is 0 Å². The van der Waals surface area contributed by atoms with E-state index >= 15 is 0 Å². The van der Waals surface area contributed by atoms with E-state index in [0.717, 1.165) is 15.8 Å². The number of halogens is 3. The van der Waals surface area contributed by atoms with Crippen LogP contribution in [0, 0.1) is 18.3 Å². The van der Waals surface area contributed by atoms with E-state index in [1.807, 2.05) is 25.1 Å². The van der Waals surface area contributed by atoms with Crippen molar-refractivity contribution in [2.75, 3.05) is 18.9 Å². The van der Waals surface area contributed by atoms with Crippen LogP contribution in [0.4, 0.5) is 19.0 Å². The van der Waals surface area contributed by atoms with E-state index in [1.165, 1.54) is 18.0 Å². The Labute approximate surface area is 160 Å². The molecule has 1 aliphatic heterocycles. The number of anilines is 1. The molecule has 0 saturated carbocycles. The summed E-state index contributed by atoms with van der Waals surface area (Å²) in [5.74, 6) is -0.372. The molecule has 2 atom stereocenters. The van der Waals surface area contributed by atoms with E-state index < -0.39 is 24.2 Å². The van der Waals surface area contributed by atoms with Crippen LogP contribution in [0.5, 0.6) is 0 Å². The quantitative estimate of drug-likeness (QED) is 0.860. The molecule has 0 spiro atoms. The van der Waals surface area contributed by atoms with Crippen LogP contribution in [0.2, 0.25) is 0 Å². The molecule has 2 heterocycles. The van der Waals surface area contributed by atoms with E-state index in [9.17, 15) is 18.0 Å². The topological polar surface area (TPSA) is 74.0 Å². The first-order valence-corrected chi connectivity index (χ1v) is 8.82. The molecule has 6 nitrogen and oxygen atoms in total. The van der Waals surface area contributed by atoms with Crippen molar-refractivity contribution in [1.29, 1.82) is 5.26 Å². The van der Waals surface area contributed by atoms with Crippen molar-refractivity contribution >= 4 is 11.7 Å². The number of aryl methyl sites for hydroxylation is 1. The number of fused-ring (bicyclic) bond motifs is 1. The van der Waals surface area contributed by atoms with Gasteiger partial charge in [-0.05, 0) is 12.5 Å². The first-order valence-electron chi connectivity index (χ1n) is 8.82. The summed E-state index contributed by atoms with van der Waals surface area (Å²) in [5, 5.41) is 15.6. The highest BCUT2D eigenvalue weighted by molar-refractivity contribution is 5.93. The SMILES string of the molecule is Cc1ccc(C2CC(C(F)(F)F)n3nc(C(=O)N(C)CCC#N)cc3N2)cc1. The number of nitriles is 1. The molecule has 0 radical (unpaired) electrons. The monoisotopic (exact) mass is 391 g/mol. The van der Waals surface area contributed by atoms with Gasteiger partial charge in [0.15, 0.2) is 11.7 Å². The fourth-order valence-electron chi connectivity index (χ4n) is 3.21. The molecule has 0 aliphatic carbocycles. The second kappa shape index (κ2) is 7.54. The third kappa shape index (κ3) is 3.96. The fraction of sp³-hybridized carbons (Fsp3) is 0.421. The number of nitrogens with zero attached hydrogens (tertiary/aromatic N) is 4. The average molecular weight is 391 g/mol. The van der Waals surface area contributed by atoms with Crippen molar-refractivity contribution in [3.8, 4) is 6.07 Å². The first kappa shape index (κ1) is 19.7. The lowest BCUT2D eigenvalue weighted by molar-refractivity contribution is -0.173. The summed E-state index contributed by atoms with van der Waals surface area (Å²) >= 11 is 0. The zero-order valence-electron chi connectivity index (χ0n) is 15.5. The summed E-state index contributed by atoms with van der Waals surface area (Å²) in [5.41, 5.74) is 1.68. The lowest BCUT2D eigenvalue weighted by Gasteiger charge is -2.33. The van der Waals surface area contributed by atoms with Crippen molar-refractivity contribution in [2.45, 2.75) is 38.0 Å². The highest BCUT2D eigenvalue weighted by atomic mass is 19.4. The van der Waals surface area contributed by atoms with Gasteiger partial charge in [0.25, 0.3) is 5.91 Å². The Kier molecular flexibility index (Phi) is 5.31. The molecule has 1 aromatic heterocycles. The van der Waals surface area contributed by atoms with E-state index in [0.29, 0.717) is 0 Å². The highest BCUT2D eigenvalue weighted by Crippen LogP contribution is 2.43. The number of hydrogen-bond acceptors (Lipinski definition) is 4. The molecule has 148 valence electrons. The Morgan fingerprint density at radius 1 is 1.39 bits per heavy atom. The normalized spacial score (nSPS) is 18.7. The molecule has 3 rings (SSSR count). The van der Waals surface area contributed by atoms with Gasteiger partial charge in [-0.1, -0.05) is 29.8 Å². The van der Waals surface area contributed by atoms with Crippen LogP contribution in [0.15, 0.2) is 30.3 Å². The number of alkyl halides is 3. The summed E-state index contributed by atoms with van der Waals surface area (Å²) in [6.07, 6.45) is -4.59. The molecule has 2 aromatic rings. The number of rotatable bonds is 4. The maximum Gasteiger partial charge on any atom is 0.410 e. The molecule has 1 amide bonds. The molecule has 2 unspecified atom stereocenters. The largest absolute Gasteiger partial charge is 0.410 e. The van der Waals surface area contributed by atoms with Crippen LogP contribution >= 0.6 is 0 Å². The number of amides is 1. The van der Waals surface area contributed by atoms with Crippen molar-refractivity contribution < 1.29 is 18.0 Å². The van der Waals surface area contributed by atoms with Crippen LogP contribution in [-0.4, -0.2) is 40.4 Å². The van der Waals surface area contributed by atoms with Gasteiger partial charge in [0, 0.05) is 26.1 Å². The number of carbonyl (C=O) groups excluding carboxylic acids is 1. The van der Waals surface area contributed by atoms with E-state index in [2.05, 4.69) is 10.4 Å². The molecule has 9 heteroatoms. The molecule has 28 heavy (non-hydrogen) atoms. The van der Waals surface area contributed by atoms with Crippen molar-refractivity contribution in [2.24, 2.45) is 0 Å². The van der Waals surface area contributed by atoms with Crippen LogP contribution in [0.1, 0.15) is 46.5 Å². The second-order valence-corrected chi connectivity index (χ2v) is 6.89. The van der Waals surface area contributed by atoms with Gasteiger partial charge >= 0.3 is 6.18 Å². The molecule has 1 aliphatic rings. The standard InChI is InChI=1S/C19H20F3N5O/c1-12-4-6-13(7-5-12)14-10-16(19(20,21)22)27-17(24-14)11-15(25-27)18(28)26(2)9-3-8-23/h4-7,11,14,16,24H,3,9-10H2,1-2H3. The molecule has 1 N–H and O–H groups in total. The van der Waals surface area contributed by atoms with Gasteiger partial charge in [0.05, 0.1) is 18.5 Å². The zero-order chi connectivity index (χ0) is 20.5. The molecular formula is C19H20F3N5O. The maximum atomic E-state index is 13.7. The molecule has 0 bridgehead atoms. The van der Waals surface area contributed by atoms with Gasteiger partial charge in [0.2, 0.25) is 0 Å². The summed E-state index contributed by atoms with van der Waals surface area (Å²) < 4.78 is 41.9. The Morgan fingerprint density at radius 3 is 2.68 bits per heavy atom. The third-order valence-electron chi connectivity index (χ3n) is 4.79. The maximum absolute atomic E-state index is 13.7. The lowest BCUT2D eigenvalue weighted by atomic mass is 9.96. The highest BCUT2D eigenvalue weighted by Gasteiger charge is 2.46. The zero-order valence-corrected chi connectivity index (χ0v) is 15.5. The first-order chi connectivity index (χ1) is 13.2. The van der Waals surface area contributed by atoms with Crippen molar-refractivity contribution in [3.05, 3.63) is 47.2 Å². The van der Waals surface area contributed by atoms with Gasteiger partial charge in [-0.3, -0.25) is 4.79 Å². The number of carbonyl (C=O) groups is 1. The number of aromatic nitrogens is 2. The van der Waals surface area contributed by atoms with E-state index in [4.69, 9.17) is 5.26 Å². The summed E-state index contributed by atoms with van der Waals surface area (Å²) in [7, 11) is 1.49. The minimum Gasteiger partial charge on any atom is -0.363 e. The number of hydrogen-bond donors (Lipinski definition) is 1. The van der Waals surface area contributed by atoms with E-state index in [-0.39, 0.29) is 30.9 Å². The van der Waals surface area contributed by atoms with Crippen LogP contribution in [-0.2, 0) is 0 Å². The summed E-state index contributed by atoms with van der Waals surface area (Å²) in [4.78, 5) is 13.7. The minimum atomic E-state index is -4.50. The average Bonchev–Trinajstić information content (AvgIpc) is 3.08. The van der Waals surface area contributed by atoms with Gasteiger partial charge in [-0.25, -0.2) is 4.68 Å². The molecular weight excluding hydrogens is 371 g/mol. The van der Waals surface area contributed by atoms with Crippen LogP contribution in [0.25, 0.3) is 0 Å². The fourth-order valence-corrected chi connectivity index (χ4v) is 3.21. The summed E-state index contributed by atoms with van der Waals surface area (Å²) in [6, 6.07) is 8.19. The smallest absolute Gasteiger partial charge is 0.363 e.